The molecule has 5 rings (SSSR count). The van der Waals surface area contributed by atoms with Gasteiger partial charge in [0, 0.05) is 42.6 Å². The molecule has 0 aliphatic carbocycles. The number of carbonyl (C=O) groups excluding carboxylic acids is 1. The normalized spacial score (nSPS) is 17.4. The summed E-state index contributed by atoms with van der Waals surface area (Å²) in [4.78, 5) is 20.8. The molecule has 1 fully saturated rings. The third kappa shape index (κ3) is 4.95. The number of amides is 2. The van der Waals surface area contributed by atoms with Gasteiger partial charge in [-0.25, -0.2) is 32.6 Å². The first-order valence-corrected chi connectivity index (χ1v) is 12.2. The number of benzene rings is 1. The summed E-state index contributed by atoms with van der Waals surface area (Å²) >= 11 is 0. The molecule has 1 unspecified atom stereocenters. The molecule has 3 aromatic rings. The lowest BCUT2D eigenvalue weighted by Crippen LogP contribution is -2.58. The number of likely N-dealkylation sites (tertiary alicyclic amines) is 1. The Morgan fingerprint density at radius 2 is 1.82 bits per heavy atom. The van der Waals surface area contributed by atoms with E-state index in [1.165, 1.54) is 34.3 Å². The fourth-order valence-corrected chi connectivity index (χ4v) is 4.70. The van der Waals surface area contributed by atoms with Crippen LogP contribution in [0.2, 0.25) is 0 Å². The van der Waals surface area contributed by atoms with Crippen LogP contribution < -0.4 is 4.74 Å². The van der Waals surface area contributed by atoms with Gasteiger partial charge in [-0.2, -0.15) is 10.2 Å². The molecule has 1 saturated heterocycles. The summed E-state index contributed by atoms with van der Waals surface area (Å²) in [7, 11) is 3.95. The summed E-state index contributed by atoms with van der Waals surface area (Å²) in [5.41, 5.74) is 3.16. The molecule has 4 heterocycles. The van der Waals surface area contributed by atoms with Crippen LogP contribution in [0.1, 0.15) is 35.0 Å². The third-order valence-corrected chi connectivity index (χ3v) is 6.65. The van der Waals surface area contributed by atoms with Crippen LogP contribution in [0.4, 0.5) is 18.0 Å². The lowest BCUT2D eigenvalue weighted by Gasteiger charge is -2.41. The van der Waals surface area contributed by atoms with Crippen LogP contribution in [0.25, 0.3) is 5.82 Å². The van der Waals surface area contributed by atoms with Crippen LogP contribution in [-0.2, 0) is 6.54 Å². The first-order chi connectivity index (χ1) is 18.1. The molecule has 0 N–H and O–H groups in total. The average Bonchev–Trinajstić information content (AvgIpc) is 3.42. The SMILES string of the molecule is Cc1nn(-c2cc(OC3CN(C(=O)N4N=CCC4c4cc(F)cc(F)c4)C3)c(F)cn2)c(C)c1CN(C)C. The van der Waals surface area contributed by atoms with E-state index >= 15 is 0 Å². The molecule has 0 saturated carbocycles. The quantitative estimate of drug-likeness (QED) is 0.485. The molecule has 0 spiro atoms. The zero-order valence-electron chi connectivity index (χ0n) is 21.5. The Labute approximate surface area is 218 Å². The molecule has 1 atom stereocenters. The predicted octanol–water partition coefficient (Wildman–Crippen LogP) is 3.98. The molecule has 38 heavy (non-hydrogen) atoms. The Bertz CT molecular complexity index is 1380. The second-order valence-electron chi connectivity index (χ2n) is 9.80. The summed E-state index contributed by atoms with van der Waals surface area (Å²) < 4.78 is 49.5. The fraction of sp³-hybridized carbons (Fsp3) is 0.385. The minimum atomic E-state index is -0.718. The molecular formula is C26H28F3N7O2. The van der Waals surface area contributed by atoms with Gasteiger partial charge in [0.15, 0.2) is 17.4 Å². The van der Waals surface area contributed by atoms with Gasteiger partial charge in [0.1, 0.15) is 17.7 Å². The molecule has 2 aromatic heterocycles. The van der Waals surface area contributed by atoms with Crippen LogP contribution in [0.15, 0.2) is 35.6 Å². The van der Waals surface area contributed by atoms with Gasteiger partial charge in [0.05, 0.1) is 31.0 Å². The van der Waals surface area contributed by atoms with E-state index in [4.69, 9.17) is 4.74 Å². The number of nitrogens with zero attached hydrogens (tertiary/aromatic N) is 7. The highest BCUT2D eigenvalue weighted by Crippen LogP contribution is 2.32. The second-order valence-corrected chi connectivity index (χ2v) is 9.80. The van der Waals surface area contributed by atoms with Gasteiger partial charge in [-0.1, -0.05) is 0 Å². The largest absolute Gasteiger partial charge is 0.483 e. The Morgan fingerprint density at radius 1 is 1.11 bits per heavy atom. The minimum Gasteiger partial charge on any atom is -0.483 e. The monoisotopic (exact) mass is 527 g/mol. The van der Waals surface area contributed by atoms with Crippen molar-refractivity contribution in [3.8, 4) is 11.6 Å². The number of aromatic nitrogens is 3. The van der Waals surface area contributed by atoms with E-state index < -0.39 is 35.6 Å². The van der Waals surface area contributed by atoms with Crippen LogP contribution in [0.3, 0.4) is 0 Å². The number of hydrazone groups is 1. The summed E-state index contributed by atoms with van der Waals surface area (Å²) in [6.07, 6.45) is 2.53. The highest BCUT2D eigenvalue weighted by molar-refractivity contribution is 5.79. The molecule has 200 valence electrons. The number of urea groups is 1. The van der Waals surface area contributed by atoms with Crippen molar-refractivity contribution >= 4 is 12.2 Å². The standard InChI is InChI=1S/C26H28F3N7O2/c1-15-21(14-33(3)4)16(2)35(32-15)25-10-24(22(29)11-30-25)38-20-12-34(13-20)26(37)36-23(5-6-31-36)17-7-18(27)9-19(28)8-17/h6-11,20,23H,5,12-14H2,1-4H3. The van der Waals surface area contributed by atoms with Crippen LogP contribution in [-0.4, -0.2) is 75.1 Å². The Kier molecular flexibility index (Phi) is 6.82. The van der Waals surface area contributed by atoms with E-state index in [1.54, 1.807) is 4.68 Å². The first-order valence-electron chi connectivity index (χ1n) is 12.2. The van der Waals surface area contributed by atoms with Gasteiger partial charge < -0.3 is 14.5 Å². The topological polar surface area (TPSA) is 79.1 Å². The first kappa shape index (κ1) is 25.7. The maximum Gasteiger partial charge on any atom is 0.341 e. The Hall–Kier alpha value is -3.93. The van der Waals surface area contributed by atoms with E-state index in [0.717, 1.165) is 29.2 Å². The lowest BCUT2D eigenvalue weighted by atomic mass is 10.0. The second kappa shape index (κ2) is 10.1. The van der Waals surface area contributed by atoms with Gasteiger partial charge in [-0.3, -0.25) is 0 Å². The van der Waals surface area contributed by atoms with Crippen LogP contribution in [0, 0.1) is 31.3 Å². The third-order valence-electron chi connectivity index (χ3n) is 6.65. The summed E-state index contributed by atoms with van der Waals surface area (Å²) in [6, 6.07) is 3.65. The molecule has 1 aromatic carbocycles. The number of hydrogen-bond acceptors (Lipinski definition) is 6. The highest BCUT2D eigenvalue weighted by Gasteiger charge is 2.39. The molecule has 2 aliphatic rings. The van der Waals surface area contributed by atoms with Crippen LogP contribution >= 0.6 is 0 Å². The predicted molar refractivity (Wildman–Crippen MR) is 134 cm³/mol. The smallest absolute Gasteiger partial charge is 0.341 e. The van der Waals surface area contributed by atoms with E-state index in [-0.39, 0.29) is 18.8 Å². The number of carbonyl (C=O) groups is 1. The molecule has 12 heteroatoms. The van der Waals surface area contributed by atoms with Gasteiger partial charge in [0.25, 0.3) is 0 Å². The van der Waals surface area contributed by atoms with E-state index in [0.29, 0.717) is 24.3 Å². The number of hydrogen-bond donors (Lipinski definition) is 0. The zero-order chi connectivity index (χ0) is 27.1. The highest BCUT2D eigenvalue weighted by atomic mass is 19.1. The molecule has 0 bridgehead atoms. The van der Waals surface area contributed by atoms with E-state index in [9.17, 15) is 18.0 Å². The lowest BCUT2D eigenvalue weighted by molar-refractivity contribution is 0.0256. The van der Waals surface area contributed by atoms with Crippen molar-refractivity contribution in [2.45, 2.75) is 39.0 Å². The molecular weight excluding hydrogens is 499 g/mol. The number of aryl methyl sites for hydroxylation is 1. The number of halogens is 3. The molecule has 2 aliphatic heterocycles. The number of pyridine rings is 1. The molecule has 2 amide bonds. The van der Waals surface area contributed by atoms with Crippen molar-refractivity contribution < 1.29 is 22.7 Å². The van der Waals surface area contributed by atoms with Gasteiger partial charge in [-0.15, -0.1) is 0 Å². The molecule has 9 nitrogen and oxygen atoms in total. The van der Waals surface area contributed by atoms with Crippen molar-refractivity contribution in [1.82, 2.24) is 29.6 Å². The van der Waals surface area contributed by atoms with Gasteiger partial charge >= 0.3 is 6.03 Å². The Morgan fingerprint density at radius 3 is 2.50 bits per heavy atom. The van der Waals surface area contributed by atoms with Crippen molar-refractivity contribution in [3.63, 3.8) is 0 Å². The van der Waals surface area contributed by atoms with Crippen molar-refractivity contribution in [3.05, 3.63) is 70.4 Å². The maximum atomic E-state index is 14.6. The minimum absolute atomic E-state index is 0.0149. The maximum absolute atomic E-state index is 14.6. The summed E-state index contributed by atoms with van der Waals surface area (Å²) in [5.74, 6) is -1.61. The van der Waals surface area contributed by atoms with Crippen LogP contribution in [0.5, 0.6) is 5.75 Å². The van der Waals surface area contributed by atoms with E-state index in [1.807, 2.05) is 32.8 Å². The van der Waals surface area contributed by atoms with Gasteiger partial charge in [-0.05, 0) is 45.6 Å². The summed E-state index contributed by atoms with van der Waals surface area (Å²) in [6.45, 7) is 4.98. The van der Waals surface area contributed by atoms with Crippen molar-refractivity contribution in [2.75, 3.05) is 27.2 Å². The van der Waals surface area contributed by atoms with E-state index in [2.05, 4.69) is 15.2 Å². The van der Waals surface area contributed by atoms with Crippen molar-refractivity contribution in [1.29, 1.82) is 0 Å². The molecule has 0 radical (unpaired) electrons. The zero-order valence-corrected chi connectivity index (χ0v) is 21.5. The Balaban J connectivity index is 1.25. The van der Waals surface area contributed by atoms with Crippen molar-refractivity contribution in [2.24, 2.45) is 5.10 Å². The fourth-order valence-electron chi connectivity index (χ4n) is 4.70. The summed E-state index contributed by atoms with van der Waals surface area (Å²) in [5, 5.41) is 9.89. The average molecular weight is 528 g/mol. The number of rotatable bonds is 6. The number of ether oxygens (including phenoxy) is 1. The van der Waals surface area contributed by atoms with Gasteiger partial charge in [0.2, 0.25) is 0 Å².